The molecule has 0 heterocycles. The number of hydrogen-bond donors (Lipinski definition) is 0. The van der Waals surface area contributed by atoms with Crippen LogP contribution in [-0.2, 0) is 6.42 Å². The fourth-order valence-electron chi connectivity index (χ4n) is 10.2. The van der Waals surface area contributed by atoms with Gasteiger partial charge in [-0.2, -0.15) is 0 Å². The Labute approximate surface area is 443 Å². The third-order valence-electron chi connectivity index (χ3n) is 15.0. The van der Waals surface area contributed by atoms with Crippen molar-refractivity contribution in [2.45, 2.75) is 376 Å². The lowest BCUT2D eigenvalue weighted by molar-refractivity contribution is 0.529. The molecule has 1 rings (SSSR count). The van der Waals surface area contributed by atoms with Gasteiger partial charge in [-0.3, -0.25) is 0 Å². The van der Waals surface area contributed by atoms with Crippen molar-refractivity contribution in [3.05, 3.63) is 17.7 Å². The van der Waals surface area contributed by atoms with Crippen LogP contribution in [0.5, 0.6) is 0 Å². The van der Waals surface area contributed by atoms with Crippen LogP contribution in [0, 0.1) is 0 Å². The summed E-state index contributed by atoms with van der Waals surface area (Å²) in [4.78, 5) is 4.87. The second-order valence-corrected chi connectivity index (χ2v) is 25.2. The summed E-state index contributed by atoms with van der Waals surface area (Å²) < 4.78 is 0. The van der Waals surface area contributed by atoms with Gasteiger partial charge >= 0.3 is 0 Å². The monoisotopic (exact) mass is 1000 g/mol. The molecule has 3 heteroatoms. The fourth-order valence-corrected chi connectivity index (χ4v) is 14.0. The van der Waals surface area contributed by atoms with Crippen molar-refractivity contribution < 1.29 is 0 Å². The lowest BCUT2D eigenvalue weighted by atomic mass is 10.0. The van der Waals surface area contributed by atoms with Crippen molar-refractivity contribution in [1.29, 1.82) is 0 Å². The van der Waals surface area contributed by atoms with E-state index in [0.29, 0.717) is 0 Å². The highest BCUT2D eigenvalue weighted by Gasteiger charge is 2.13. The van der Waals surface area contributed by atoms with Crippen LogP contribution >= 0.6 is 35.3 Å². The Hall–Kier alpha value is 0.270. The summed E-state index contributed by atoms with van der Waals surface area (Å²) in [5.41, 5.74) is 1.56. The van der Waals surface area contributed by atoms with E-state index < -0.39 is 0 Å². The van der Waals surface area contributed by atoms with Gasteiger partial charge in [0.2, 0.25) is 0 Å². The molecule has 402 valence electrons. The van der Waals surface area contributed by atoms with Crippen LogP contribution in [0.15, 0.2) is 26.8 Å². The van der Waals surface area contributed by atoms with E-state index >= 15 is 0 Å². The van der Waals surface area contributed by atoms with Gasteiger partial charge < -0.3 is 0 Å². The molecule has 0 saturated heterocycles. The summed E-state index contributed by atoms with van der Waals surface area (Å²) >= 11 is 6.62. The van der Waals surface area contributed by atoms with Gasteiger partial charge in [0.05, 0.1) is 0 Å². The van der Waals surface area contributed by atoms with E-state index in [-0.39, 0.29) is 0 Å². The molecule has 0 unspecified atom stereocenters. The molecule has 0 radical (unpaired) electrons. The average Bonchev–Trinajstić information content (AvgIpc) is 3.35. The van der Waals surface area contributed by atoms with Gasteiger partial charge in [-0.15, -0.1) is 35.3 Å². The number of thioether (sulfide) groups is 3. The SMILES string of the molecule is CCCCCCCCCCCCCCCCCCCSc1cc(CC)cc(SCCCCCCCCCCCCCCCCCCC)c1SCCCCCCCCCCCCCCCCCCC. The second kappa shape index (κ2) is 56.6. The maximum Gasteiger partial charge on any atom is 0.0344 e. The number of unbranched alkanes of at least 4 members (excludes halogenated alkanes) is 48. The number of aryl methyl sites for hydroxylation is 1. The van der Waals surface area contributed by atoms with Crippen molar-refractivity contribution in [3.63, 3.8) is 0 Å². The molecule has 0 amide bonds. The Bertz CT molecular complexity index is 1040. The predicted octanol–water partition coefficient (Wildman–Crippen LogP) is 25.5. The predicted molar refractivity (Wildman–Crippen MR) is 320 cm³/mol. The maximum atomic E-state index is 2.59. The second-order valence-electron chi connectivity index (χ2n) is 21.8. The van der Waals surface area contributed by atoms with Gasteiger partial charge in [-0.1, -0.05) is 336 Å². The highest BCUT2D eigenvalue weighted by Crippen LogP contribution is 2.41. The average molecular weight is 1000 g/mol. The molecule has 0 aliphatic heterocycles. The van der Waals surface area contributed by atoms with Crippen LogP contribution in [0.2, 0.25) is 0 Å². The van der Waals surface area contributed by atoms with Crippen molar-refractivity contribution in [1.82, 2.24) is 0 Å². The van der Waals surface area contributed by atoms with Crippen LogP contribution in [0.4, 0.5) is 0 Å². The van der Waals surface area contributed by atoms with Gasteiger partial charge in [0.25, 0.3) is 0 Å². The molecule has 0 aliphatic carbocycles. The highest BCUT2D eigenvalue weighted by atomic mass is 32.2. The summed E-state index contributed by atoms with van der Waals surface area (Å²) in [7, 11) is 0. The van der Waals surface area contributed by atoms with E-state index in [1.807, 2.05) is 0 Å². The summed E-state index contributed by atoms with van der Waals surface area (Å²) in [6, 6.07) is 5.18. The zero-order valence-electron chi connectivity index (χ0n) is 47.3. The molecule has 68 heavy (non-hydrogen) atoms. The lowest BCUT2D eigenvalue weighted by Gasteiger charge is -2.16. The molecule has 1 aromatic rings. The highest BCUT2D eigenvalue weighted by molar-refractivity contribution is 8.03. The zero-order valence-corrected chi connectivity index (χ0v) is 49.7. The normalized spacial score (nSPS) is 11.7. The van der Waals surface area contributed by atoms with Gasteiger partial charge in [0.1, 0.15) is 0 Å². The molecule has 0 atom stereocenters. The van der Waals surface area contributed by atoms with Crippen molar-refractivity contribution in [3.8, 4) is 0 Å². The smallest absolute Gasteiger partial charge is 0.0344 e. The molecule has 0 N–H and O–H groups in total. The minimum absolute atomic E-state index is 1.16. The Balaban J connectivity index is 2.39. The van der Waals surface area contributed by atoms with Gasteiger partial charge in [0, 0.05) is 14.7 Å². The maximum absolute atomic E-state index is 2.59. The molecule has 0 saturated carbocycles. The molecular weight excluding hydrogens is 877 g/mol. The zero-order chi connectivity index (χ0) is 48.7. The lowest BCUT2D eigenvalue weighted by Crippen LogP contribution is -1.94. The van der Waals surface area contributed by atoms with Gasteiger partial charge in [-0.05, 0) is 60.6 Å². The summed E-state index contributed by atoms with van der Waals surface area (Å²) in [5, 5.41) is 0. The number of rotatable bonds is 58. The van der Waals surface area contributed by atoms with Crippen LogP contribution in [0.25, 0.3) is 0 Å². The summed E-state index contributed by atoms with van der Waals surface area (Å²) in [6.45, 7) is 9.33. The largest absolute Gasteiger partial charge is 0.125 e. The molecule has 0 aromatic heterocycles. The Morgan fingerprint density at radius 1 is 0.221 bits per heavy atom. The number of hydrogen-bond acceptors (Lipinski definition) is 3. The Morgan fingerprint density at radius 2 is 0.397 bits per heavy atom. The molecule has 0 fully saturated rings. The Morgan fingerprint density at radius 3 is 0.588 bits per heavy atom. The Kier molecular flexibility index (Phi) is 55.1. The van der Waals surface area contributed by atoms with Gasteiger partial charge in [0.15, 0.2) is 0 Å². The minimum Gasteiger partial charge on any atom is -0.125 e. The first-order chi connectivity index (χ1) is 33.8. The third-order valence-corrected chi connectivity index (χ3v) is 18.7. The first kappa shape index (κ1) is 66.3. The molecule has 0 nitrogen and oxygen atoms in total. The fraction of sp³-hybridized carbons (Fsp3) is 0.908. The van der Waals surface area contributed by atoms with E-state index in [2.05, 4.69) is 75.1 Å². The van der Waals surface area contributed by atoms with Crippen molar-refractivity contribution in [2.75, 3.05) is 17.3 Å². The van der Waals surface area contributed by atoms with E-state index in [0.717, 1.165) is 6.42 Å². The van der Waals surface area contributed by atoms with Crippen molar-refractivity contribution in [2.24, 2.45) is 0 Å². The van der Waals surface area contributed by atoms with Crippen LogP contribution in [0.3, 0.4) is 0 Å². The molecule has 0 aliphatic rings. The van der Waals surface area contributed by atoms with E-state index in [1.54, 1.807) is 20.2 Å². The summed E-state index contributed by atoms with van der Waals surface area (Å²) in [5.74, 6) is 3.88. The first-order valence-electron chi connectivity index (χ1n) is 31.8. The van der Waals surface area contributed by atoms with Crippen LogP contribution in [-0.4, -0.2) is 17.3 Å². The quantitative estimate of drug-likeness (QED) is 0.0471. The van der Waals surface area contributed by atoms with Crippen molar-refractivity contribution >= 4 is 35.3 Å². The molecule has 1 aromatic carbocycles. The van der Waals surface area contributed by atoms with E-state index in [9.17, 15) is 0 Å². The first-order valence-corrected chi connectivity index (χ1v) is 34.8. The van der Waals surface area contributed by atoms with E-state index in [4.69, 9.17) is 0 Å². The number of benzene rings is 1. The van der Waals surface area contributed by atoms with Gasteiger partial charge in [-0.25, -0.2) is 0 Å². The standard InChI is InChI=1S/C65H124S3/c1-5-9-12-15-18-21-24-27-30-33-36-39-42-45-48-51-54-57-66-63-60-62(8-4)61-64(67-58-55-52-49-46-43-40-37-34-31-28-25-22-19-16-13-10-6-2)65(63)68-59-56-53-50-47-44-41-38-35-32-29-26-23-20-17-14-11-7-3/h60-61H,5-59H2,1-4H3. The molecular formula is C65H124S3. The topological polar surface area (TPSA) is 0 Å². The van der Waals surface area contributed by atoms with Crippen LogP contribution < -0.4 is 0 Å². The minimum atomic E-state index is 1.16. The molecule has 0 spiro atoms. The summed E-state index contributed by atoms with van der Waals surface area (Å²) in [6.07, 6.45) is 75.2. The van der Waals surface area contributed by atoms with E-state index in [1.165, 1.54) is 345 Å². The third kappa shape index (κ3) is 46.1. The van der Waals surface area contributed by atoms with Crippen LogP contribution in [0.1, 0.15) is 361 Å². The molecule has 0 bridgehead atoms.